The first kappa shape index (κ1) is 24.4. The van der Waals surface area contributed by atoms with E-state index in [1.54, 1.807) is 18.2 Å². The number of pyridine rings is 1. The number of carbonyl (C=O) groups is 1. The van der Waals surface area contributed by atoms with Crippen LogP contribution in [0.3, 0.4) is 0 Å². The number of H-pyrrole nitrogens is 1. The predicted molar refractivity (Wildman–Crippen MR) is 117 cm³/mol. The van der Waals surface area contributed by atoms with Gasteiger partial charge in [0.2, 0.25) is 5.75 Å². The number of rotatable bonds is 7. The second-order valence-electron chi connectivity index (χ2n) is 6.18. The van der Waals surface area contributed by atoms with Gasteiger partial charge in [0.15, 0.2) is 23.0 Å². The molecule has 10 heteroatoms. The first-order chi connectivity index (χ1) is 14.4. The summed E-state index contributed by atoms with van der Waals surface area (Å²) < 4.78 is 26.7. The van der Waals surface area contributed by atoms with Crippen LogP contribution in [0.15, 0.2) is 29.1 Å². The molecule has 9 nitrogen and oxygen atoms in total. The molecule has 31 heavy (non-hydrogen) atoms. The Labute approximate surface area is 200 Å². The molecule has 1 aromatic heterocycles. The van der Waals surface area contributed by atoms with E-state index in [1.807, 2.05) is 0 Å². The number of hydrogen-bond acceptors (Lipinski definition) is 7. The van der Waals surface area contributed by atoms with Gasteiger partial charge >= 0.3 is 35.5 Å². The molecule has 0 spiro atoms. The fourth-order valence-corrected chi connectivity index (χ4v) is 3.34. The van der Waals surface area contributed by atoms with Gasteiger partial charge in [0, 0.05) is 10.9 Å². The van der Waals surface area contributed by atoms with Crippen molar-refractivity contribution >= 4 is 46.3 Å². The van der Waals surface area contributed by atoms with Crippen LogP contribution < -0.4 is 29.2 Å². The van der Waals surface area contributed by atoms with E-state index in [0.717, 1.165) is 0 Å². The fourth-order valence-electron chi connectivity index (χ4n) is 3.34. The topological polar surface area (TPSA) is 116 Å². The molecular formula is C21H22NNaO8. The molecule has 0 amide bonds. The van der Waals surface area contributed by atoms with E-state index < -0.39 is 11.5 Å². The number of fused-ring (bicyclic) bond motifs is 1. The van der Waals surface area contributed by atoms with Crippen molar-refractivity contribution < 1.29 is 33.6 Å². The van der Waals surface area contributed by atoms with Gasteiger partial charge in [-0.05, 0) is 29.8 Å². The van der Waals surface area contributed by atoms with Gasteiger partial charge in [0.25, 0.3) is 5.56 Å². The SMILES string of the molecule is COc1cc2c(-c3cc(OC)c(OC)c(OC)c3)c(C(=O)O)[nH]c(=O)c2cc1OC.[NaH]. The van der Waals surface area contributed by atoms with Crippen LogP contribution in [0.1, 0.15) is 10.5 Å². The molecule has 0 unspecified atom stereocenters. The van der Waals surface area contributed by atoms with E-state index in [-0.39, 0.29) is 46.2 Å². The van der Waals surface area contributed by atoms with Crippen LogP contribution in [0.5, 0.6) is 28.7 Å². The van der Waals surface area contributed by atoms with Crippen molar-refractivity contribution in [3.8, 4) is 39.9 Å². The van der Waals surface area contributed by atoms with Gasteiger partial charge in [-0.1, -0.05) is 0 Å². The Balaban J connectivity index is 0.00000341. The van der Waals surface area contributed by atoms with E-state index in [0.29, 0.717) is 39.7 Å². The molecule has 3 aromatic rings. The summed E-state index contributed by atoms with van der Waals surface area (Å²) in [6.07, 6.45) is 0. The van der Waals surface area contributed by atoms with E-state index in [9.17, 15) is 14.7 Å². The number of aromatic amines is 1. The number of hydrogen-bond donors (Lipinski definition) is 2. The summed E-state index contributed by atoms with van der Waals surface area (Å²) in [6.45, 7) is 0. The normalized spacial score (nSPS) is 10.2. The van der Waals surface area contributed by atoms with Crippen LogP contribution >= 0.6 is 0 Å². The van der Waals surface area contributed by atoms with Gasteiger partial charge in [0.05, 0.1) is 40.9 Å². The molecule has 0 saturated heterocycles. The fraction of sp³-hybridized carbons (Fsp3) is 0.238. The quantitative estimate of drug-likeness (QED) is 0.539. The summed E-state index contributed by atoms with van der Waals surface area (Å²) in [5, 5.41) is 10.4. The monoisotopic (exact) mass is 439 g/mol. The molecule has 1 heterocycles. The number of carboxylic acid groups (broad SMARTS) is 1. The molecule has 0 fully saturated rings. The summed E-state index contributed by atoms with van der Waals surface area (Å²) in [5.74, 6) is 0.419. The van der Waals surface area contributed by atoms with Crippen molar-refractivity contribution in [1.82, 2.24) is 4.98 Å². The van der Waals surface area contributed by atoms with Gasteiger partial charge < -0.3 is 33.8 Å². The van der Waals surface area contributed by atoms with Crippen molar-refractivity contribution in [2.75, 3.05) is 35.5 Å². The van der Waals surface area contributed by atoms with E-state index in [2.05, 4.69) is 4.98 Å². The summed E-state index contributed by atoms with van der Waals surface area (Å²) >= 11 is 0. The van der Waals surface area contributed by atoms with Gasteiger partial charge in [-0.15, -0.1) is 0 Å². The number of methoxy groups -OCH3 is 5. The molecule has 3 rings (SSSR count). The van der Waals surface area contributed by atoms with Crippen LogP contribution in [0.25, 0.3) is 21.9 Å². The molecule has 0 radical (unpaired) electrons. The second kappa shape index (κ2) is 9.95. The Morgan fingerprint density at radius 2 is 1.26 bits per heavy atom. The first-order valence-electron chi connectivity index (χ1n) is 8.75. The van der Waals surface area contributed by atoms with E-state index >= 15 is 0 Å². The van der Waals surface area contributed by atoms with Crippen LogP contribution in [0.4, 0.5) is 0 Å². The maximum atomic E-state index is 12.6. The molecule has 2 aromatic carbocycles. The molecule has 0 saturated carbocycles. The van der Waals surface area contributed by atoms with Gasteiger partial charge in [-0.3, -0.25) is 4.79 Å². The zero-order valence-corrected chi connectivity index (χ0v) is 17.1. The molecule has 160 valence electrons. The molecule has 0 atom stereocenters. The van der Waals surface area contributed by atoms with Crippen molar-refractivity contribution in [1.29, 1.82) is 0 Å². The maximum absolute atomic E-state index is 12.6. The Kier molecular flexibility index (Phi) is 7.83. The van der Waals surface area contributed by atoms with Gasteiger partial charge in [-0.25, -0.2) is 4.79 Å². The van der Waals surface area contributed by atoms with E-state index in [1.165, 1.54) is 41.6 Å². The Morgan fingerprint density at radius 3 is 1.68 bits per heavy atom. The number of aromatic carboxylic acids is 1. The molecular weight excluding hydrogens is 417 g/mol. The summed E-state index contributed by atoms with van der Waals surface area (Å²) in [7, 11) is 7.28. The number of aromatic nitrogens is 1. The van der Waals surface area contributed by atoms with E-state index in [4.69, 9.17) is 23.7 Å². The van der Waals surface area contributed by atoms with Gasteiger partial charge in [0.1, 0.15) is 5.69 Å². The molecule has 0 bridgehead atoms. The Hall–Kier alpha value is -2.88. The van der Waals surface area contributed by atoms with Crippen molar-refractivity contribution in [2.45, 2.75) is 0 Å². The Morgan fingerprint density at radius 1 is 0.774 bits per heavy atom. The van der Waals surface area contributed by atoms with Crippen LogP contribution in [0, 0.1) is 0 Å². The molecule has 2 N–H and O–H groups in total. The van der Waals surface area contributed by atoms with Crippen molar-refractivity contribution in [3.05, 3.63) is 40.3 Å². The van der Waals surface area contributed by atoms with Gasteiger partial charge in [-0.2, -0.15) is 0 Å². The molecule has 0 aliphatic heterocycles. The standard InChI is InChI=1S/C21H21NO8.Na.H/c1-26-13-8-11-12(9-14(13)27-2)20(23)22-18(21(24)25)17(11)10-6-15(28-3)19(30-5)16(7-10)29-4;;/h6-9H,1-5H3,(H,22,23)(H,24,25);;. The summed E-state index contributed by atoms with van der Waals surface area (Å²) in [6, 6.07) is 6.28. The van der Waals surface area contributed by atoms with Crippen LogP contribution in [-0.4, -0.2) is 81.2 Å². The summed E-state index contributed by atoms with van der Waals surface area (Å²) in [5.41, 5.74) is -0.152. The van der Waals surface area contributed by atoms with Crippen molar-refractivity contribution in [3.63, 3.8) is 0 Å². The minimum atomic E-state index is -1.30. The predicted octanol–water partition coefficient (Wildman–Crippen LogP) is 2.29. The number of nitrogens with one attached hydrogen (secondary N) is 1. The zero-order valence-electron chi connectivity index (χ0n) is 17.1. The summed E-state index contributed by atoms with van der Waals surface area (Å²) in [4.78, 5) is 27.0. The zero-order chi connectivity index (χ0) is 22.0. The first-order valence-corrected chi connectivity index (χ1v) is 8.75. The van der Waals surface area contributed by atoms with Crippen molar-refractivity contribution in [2.24, 2.45) is 0 Å². The van der Waals surface area contributed by atoms with Crippen LogP contribution in [0.2, 0.25) is 0 Å². The van der Waals surface area contributed by atoms with Crippen LogP contribution in [-0.2, 0) is 0 Å². The second-order valence-corrected chi connectivity index (χ2v) is 6.18. The third-order valence-corrected chi connectivity index (χ3v) is 4.69. The minimum absolute atomic E-state index is 0. The molecule has 0 aliphatic carbocycles. The average Bonchev–Trinajstić information content (AvgIpc) is 2.76. The number of carboxylic acids is 1. The third-order valence-electron chi connectivity index (χ3n) is 4.69. The Bertz CT molecular complexity index is 1160. The average molecular weight is 439 g/mol. The molecule has 0 aliphatic rings. The third kappa shape index (κ3) is 4.30. The number of benzene rings is 2. The number of ether oxygens (including phenoxy) is 5.